The van der Waals surface area contributed by atoms with Crippen LogP contribution in [-0.2, 0) is 5.41 Å². The largest absolute Gasteiger partial charge is 0.507 e. The van der Waals surface area contributed by atoms with Crippen molar-refractivity contribution < 1.29 is 14.6 Å². The molecule has 1 fully saturated rings. The van der Waals surface area contributed by atoms with E-state index in [1.165, 1.54) is 11.6 Å². The molecule has 6 heteroatoms. The third-order valence-electron chi connectivity index (χ3n) is 6.05. The van der Waals surface area contributed by atoms with Crippen molar-refractivity contribution in [1.82, 2.24) is 4.90 Å². The first-order valence-electron chi connectivity index (χ1n) is 9.68. The summed E-state index contributed by atoms with van der Waals surface area (Å²) < 4.78 is 6.55. The fourth-order valence-electron chi connectivity index (χ4n) is 4.86. The molecule has 2 heterocycles. The summed E-state index contributed by atoms with van der Waals surface area (Å²) in [7, 11) is 2.14. The number of para-hydroxylation sites is 1. The maximum absolute atomic E-state index is 12.5. The number of hydrogen-bond donors (Lipinski definition) is 1. The van der Waals surface area contributed by atoms with Crippen LogP contribution < -0.4 is 9.64 Å². The van der Waals surface area contributed by atoms with Gasteiger partial charge in [-0.3, -0.25) is 4.90 Å². The summed E-state index contributed by atoms with van der Waals surface area (Å²) in [6.45, 7) is 6.66. The molecular formula is C22H25BrN2O3. The number of phenols is 1. The molecule has 4 rings (SSSR count). The first-order chi connectivity index (χ1) is 13.4. The number of fused-ring (bicyclic) bond motifs is 3. The second-order valence-corrected chi connectivity index (χ2v) is 8.75. The lowest BCUT2D eigenvalue weighted by Gasteiger charge is -2.34. The molecule has 0 radical (unpaired) electrons. The lowest BCUT2D eigenvalue weighted by Crippen LogP contribution is -2.47. The number of benzene rings is 2. The van der Waals surface area contributed by atoms with Crippen molar-refractivity contribution in [2.24, 2.45) is 0 Å². The molecule has 0 spiro atoms. The Morgan fingerprint density at radius 1 is 1.36 bits per heavy atom. The van der Waals surface area contributed by atoms with Crippen molar-refractivity contribution in [2.75, 3.05) is 25.0 Å². The number of esters is 1. The van der Waals surface area contributed by atoms with E-state index in [9.17, 15) is 9.90 Å². The van der Waals surface area contributed by atoms with Gasteiger partial charge in [-0.25, -0.2) is 4.79 Å². The Kier molecular flexibility index (Phi) is 4.88. The first-order valence-corrected chi connectivity index (χ1v) is 10.5. The van der Waals surface area contributed by atoms with Crippen molar-refractivity contribution in [3.63, 3.8) is 0 Å². The van der Waals surface area contributed by atoms with Crippen molar-refractivity contribution in [3.05, 3.63) is 52.0 Å². The van der Waals surface area contributed by atoms with Crippen LogP contribution in [0, 0.1) is 0 Å². The number of hydrogen-bond acceptors (Lipinski definition) is 5. The summed E-state index contributed by atoms with van der Waals surface area (Å²) in [6, 6.07) is 10.3. The number of anilines is 1. The van der Waals surface area contributed by atoms with E-state index >= 15 is 0 Å². The quantitative estimate of drug-likeness (QED) is 0.554. The third-order valence-corrected chi connectivity index (χ3v) is 6.66. The lowest BCUT2D eigenvalue weighted by molar-refractivity contribution is 0.0731. The average Bonchev–Trinajstić information content (AvgIpc) is 3.09. The molecule has 0 aromatic heterocycles. The van der Waals surface area contributed by atoms with Crippen LogP contribution in [0.1, 0.15) is 42.6 Å². The molecule has 1 saturated heterocycles. The number of halogens is 1. The third kappa shape index (κ3) is 2.90. The van der Waals surface area contributed by atoms with Gasteiger partial charge in [-0.15, -0.1) is 0 Å². The average molecular weight is 445 g/mol. The van der Waals surface area contributed by atoms with Gasteiger partial charge >= 0.3 is 5.97 Å². The zero-order valence-electron chi connectivity index (χ0n) is 16.4. The number of ether oxygens (including phenoxy) is 1. The fraction of sp³-hybridized carbons (Fsp3) is 0.409. The minimum Gasteiger partial charge on any atom is -0.507 e. The second kappa shape index (κ2) is 7.08. The number of carbonyl (C=O) groups excluding carboxylic acids is 1. The van der Waals surface area contributed by atoms with Crippen LogP contribution in [0.25, 0.3) is 0 Å². The van der Waals surface area contributed by atoms with Crippen LogP contribution in [-0.4, -0.2) is 42.3 Å². The van der Waals surface area contributed by atoms with E-state index in [1.807, 2.05) is 12.1 Å². The van der Waals surface area contributed by atoms with Crippen molar-refractivity contribution >= 4 is 27.6 Å². The molecule has 0 aliphatic carbocycles. The highest BCUT2D eigenvalue weighted by Crippen LogP contribution is 2.54. The van der Waals surface area contributed by atoms with E-state index in [0.29, 0.717) is 11.9 Å². The van der Waals surface area contributed by atoms with E-state index in [0.717, 1.165) is 36.1 Å². The molecule has 0 amide bonds. The minimum absolute atomic E-state index is 0.0148. The Morgan fingerprint density at radius 2 is 2.11 bits per heavy atom. The predicted octanol–water partition coefficient (Wildman–Crippen LogP) is 4.52. The summed E-state index contributed by atoms with van der Waals surface area (Å²) in [6.07, 6.45) is 2.50. The van der Waals surface area contributed by atoms with Crippen LogP contribution in [0.5, 0.6) is 11.5 Å². The zero-order chi connectivity index (χ0) is 20.1. The maximum atomic E-state index is 12.5. The highest BCUT2D eigenvalue weighted by atomic mass is 79.9. The Balaban J connectivity index is 1.69. The van der Waals surface area contributed by atoms with Gasteiger partial charge in [0.15, 0.2) is 0 Å². The molecule has 2 aromatic rings. The zero-order valence-corrected chi connectivity index (χ0v) is 18.0. The first kappa shape index (κ1) is 19.3. The highest BCUT2D eigenvalue weighted by molar-refractivity contribution is 9.10. The van der Waals surface area contributed by atoms with E-state index in [1.54, 1.807) is 18.2 Å². The van der Waals surface area contributed by atoms with Crippen LogP contribution in [0.2, 0.25) is 0 Å². The summed E-state index contributed by atoms with van der Waals surface area (Å²) in [4.78, 5) is 17.4. The standard InChI is InChI=1S/C22H25BrN2O3/c1-4-10-25-11-9-22(2)16-12-14(13-17(23)19(16)24(3)21(22)25)28-20(27)15-7-5-6-8-18(15)26/h5-8,12-13,21,26H,4,9-11H2,1-3H3. The van der Waals surface area contributed by atoms with Gasteiger partial charge in [0.1, 0.15) is 17.1 Å². The maximum Gasteiger partial charge on any atom is 0.347 e. The Labute approximate surface area is 174 Å². The number of carbonyl (C=O) groups is 1. The molecule has 2 unspecified atom stereocenters. The van der Waals surface area contributed by atoms with E-state index in [4.69, 9.17) is 4.74 Å². The number of rotatable bonds is 4. The van der Waals surface area contributed by atoms with Gasteiger partial charge in [-0.05, 0) is 65.1 Å². The van der Waals surface area contributed by atoms with E-state index < -0.39 is 5.97 Å². The number of nitrogens with zero attached hydrogens (tertiary/aromatic N) is 2. The van der Waals surface area contributed by atoms with Gasteiger partial charge in [-0.2, -0.15) is 0 Å². The smallest absolute Gasteiger partial charge is 0.347 e. The lowest BCUT2D eigenvalue weighted by atomic mass is 9.81. The molecule has 2 atom stereocenters. The SMILES string of the molecule is CCCN1CCC2(C)c3cc(OC(=O)c4ccccc4O)cc(Br)c3N(C)C12. The molecule has 28 heavy (non-hydrogen) atoms. The molecule has 1 N–H and O–H groups in total. The molecule has 0 bridgehead atoms. The van der Waals surface area contributed by atoms with Crippen LogP contribution in [0.3, 0.4) is 0 Å². The van der Waals surface area contributed by atoms with Crippen molar-refractivity contribution in [1.29, 1.82) is 0 Å². The summed E-state index contributed by atoms with van der Waals surface area (Å²) in [5.74, 6) is -0.148. The molecule has 2 aromatic carbocycles. The number of likely N-dealkylation sites (N-methyl/N-ethyl adjacent to an activating group) is 1. The highest BCUT2D eigenvalue weighted by Gasteiger charge is 2.53. The van der Waals surface area contributed by atoms with Gasteiger partial charge in [0.05, 0.1) is 11.9 Å². The van der Waals surface area contributed by atoms with Gasteiger partial charge < -0.3 is 14.7 Å². The van der Waals surface area contributed by atoms with E-state index in [-0.39, 0.29) is 16.7 Å². The number of likely N-dealkylation sites (tertiary alicyclic amines) is 1. The fourth-order valence-corrected chi connectivity index (χ4v) is 5.57. The number of aromatic hydroxyl groups is 1. The van der Waals surface area contributed by atoms with Gasteiger partial charge in [0, 0.05) is 23.5 Å². The second-order valence-electron chi connectivity index (χ2n) is 7.90. The van der Waals surface area contributed by atoms with Crippen LogP contribution in [0.15, 0.2) is 40.9 Å². The topological polar surface area (TPSA) is 53.0 Å². The van der Waals surface area contributed by atoms with Gasteiger partial charge in [0.25, 0.3) is 0 Å². The summed E-state index contributed by atoms with van der Waals surface area (Å²) in [5.41, 5.74) is 2.51. The Morgan fingerprint density at radius 3 is 2.82 bits per heavy atom. The number of phenolic OH excluding ortho intramolecular Hbond substituents is 1. The van der Waals surface area contributed by atoms with Crippen LogP contribution >= 0.6 is 15.9 Å². The minimum atomic E-state index is -0.558. The monoisotopic (exact) mass is 444 g/mol. The molecule has 0 saturated carbocycles. The van der Waals surface area contributed by atoms with Gasteiger partial charge in [0.2, 0.25) is 0 Å². The predicted molar refractivity (Wildman–Crippen MR) is 113 cm³/mol. The molecule has 5 nitrogen and oxygen atoms in total. The van der Waals surface area contributed by atoms with Gasteiger partial charge in [-0.1, -0.05) is 26.0 Å². The van der Waals surface area contributed by atoms with Crippen molar-refractivity contribution in [3.8, 4) is 11.5 Å². The molecule has 2 aliphatic rings. The van der Waals surface area contributed by atoms with Crippen LogP contribution in [0.4, 0.5) is 5.69 Å². The molecular weight excluding hydrogens is 420 g/mol. The Bertz CT molecular complexity index is 932. The molecule has 148 valence electrons. The summed E-state index contributed by atoms with van der Waals surface area (Å²) in [5, 5.41) is 9.92. The molecule has 2 aliphatic heterocycles. The Hall–Kier alpha value is -2.05. The normalized spacial score (nSPS) is 23.6. The van der Waals surface area contributed by atoms with Crippen molar-refractivity contribution in [2.45, 2.75) is 38.3 Å². The van der Waals surface area contributed by atoms with E-state index in [2.05, 4.69) is 46.6 Å². The summed E-state index contributed by atoms with van der Waals surface area (Å²) >= 11 is 3.69.